The fourth-order valence-electron chi connectivity index (χ4n) is 2.94. The lowest BCUT2D eigenvalue weighted by atomic mass is 10.2. The van der Waals surface area contributed by atoms with Crippen molar-refractivity contribution in [2.24, 2.45) is 4.99 Å². The van der Waals surface area contributed by atoms with Crippen LogP contribution in [-0.2, 0) is 9.47 Å². The molecule has 3 rings (SSSR count). The van der Waals surface area contributed by atoms with Gasteiger partial charge in [-0.1, -0.05) is 21.6 Å². The van der Waals surface area contributed by atoms with Crippen molar-refractivity contribution in [3.63, 3.8) is 0 Å². The number of aliphatic hydroxyl groups excluding tert-OH is 1. The number of aromatic nitrogens is 4. The molecule has 1 saturated heterocycles. The summed E-state index contributed by atoms with van der Waals surface area (Å²) in [6, 6.07) is 0. The van der Waals surface area contributed by atoms with Crippen LogP contribution in [0.5, 0.6) is 0 Å². The Morgan fingerprint density at radius 3 is 3.07 bits per heavy atom. The number of aliphatic hydroxyl groups is 1. The van der Waals surface area contributed by atoms with E-state index in [2.05, 4.69) is 19.9 Å². The Bertz CT molecular complexity index is 886. The molecule has 1 aliphatic heterocycles. The van der Waals surface area contributed by atoms with Gasteiger partial charge in [-0.2, -0.15) is 4.98 Å². The largest absolute Gasteiger partial charge is 0.394 e. The summed E-state index contributed by atoms with van der Waals surface area (Å²) < 4.78 is 13.7. The smallest absolute Gasteiger partial charge is 0.280 e. The molecule has 10 nitrogen and oxygen atoms in total. The van der Waals surface area contributed by atoms with E-state index >= 15 is 0 Å². The third-order valence-corrected chi connectivity index (χ3v) is 6.06. The van der Waals surface area contributed by atoms with Crippen molar-refractivity contribution < 1.29 is 14.6 Å². The van der Waals surface area contributed by atoms with E-state index in [0.717, 1.165) is 0 Å². The van der Waals surface area contributed by atoms with E-state index in [1.807, 2.05) is 27.3 Å². The maximum atomic E-state index is 12.3. The van der Waals surface area contributed by atoms with Crippen molar-refractivity contribution in [1.29, 1.82) is 0 Å². The number of aromatic amines is 1. The third kappa shape index (κ3) is 4.69. The topological polar surface area (TPSA) is 118 Å². The van der Waals surface area contributed by atoms with Crippen molar-refractivity contribution in [3.8, 4) is 0 Å². The average Bonchev–Trinajstić information content (AvgIpc) is 3.24. The molecular formula is C16H24N6O4S2. The summed E-state index contributed by atoms with van der Waals surface area (Å²) in [5.41, 5.74) is 0.181. The summed E-state index contributed by atoms with van der Waals surface area (Å²) >= 11 is 0. The second kappa shape index (κ2) is 9.27. The lowest BCUT2D eigenvalue weighted by Gasteiger charge is -2.20. The molecule has 12 heteroatoms. The van der Waals surface area contributed by atoms with Gasteiger partial charge in [-0.15, -0.1) is 0 Å². The third-order valence-electron chi connectivity index (χ3n) is 4.10. The summed E-state index contributed by atoms with van der Waals surface area (Å²) in [4.78, 5) is 29.4. The summed E-state index contributed by atoms with van der Waals surface area (Å²) in [5.74, 6) is 0.183. The molecule has 0 saturated carbocycles. The number of ether oxygens (including phenoxy) is 2. The number of hydrogen-bond donors (Lipinski definition) is 2. The van der Waals surface area contributed by atoms with Crippen molar-refractivity contribution in [1.82, 2.24) is 24.4 Å². The number of hydrogen-bond acceptors (Lipinski definition) is 9. The quantitative estimate of drug-likeness (QED) is 0.278. The molecule has 0 bridgehead atoms. The zero-order valence-corrected chi connectivity index (χ0v) is 17.7. The van der Waals surface area contributed by atoms with Gasteiger partial charge in [0.25, 0.3) is 5.56 Å². The highest BCUT2D eigenvalue weighted by Crippen LogP contribution is 2.35. The molecule has 154 valence electrons. The summed E-state index contributed by atoms with van der Waals surface area (Å²) in [6.07, 6.45) is 4.40. The molecule has 28 heavy (non-hydrogen) atoms. The number of H-pyrrole nitrogens is 1. The highest BCUT2D eigenvalue weighted by molar-refractivity contribution is 8.76. The number of rotatable bonds is 8. The van der Waals surface area contributed by atoms with Gasteiger partial charge in [0, 0.05) is 20.5 Å². The second-order valence-electron chi connectivity index (χ2n) is 6.47. The zero-order valence-electron chi connectivity index (χ0n) is 16.1. The predicted octanol–water partition coefficient (Wildman–Crippen LogP) is 1.36. The Morgan fingerprint density at radius 1 is 1.61 bits per heavy atom. The highest BCUT2D eigenvalue weighted by Gasteiger charge is 2.38. The van der Waals surface area contributed by atoms with Crippen LogP contribution in [0.1, 0.15) is 19.6 Å². The summed E-state index contributed by atoms with van der Waals surface area (Å²) in [6.45, 7) is 1.81. The highest BCUT2D eigenvalue weighted by atomic mass is 33.1. The summed E-state index contributed by atoms with van der Waals surface area (Å²) in [5, 5.41) is 9.68. The molecule has 2 aromatic rings. The minimum Gasteiger partial charge on any atom is -0.394 e. The van der Waals surface area contributed by atoms with Crippen LogP contribution < -0.4 is 5.56 Å². The lowest BCUT2D eigenvalue weighted by molar-refractivity contribution is -0.0628. The first-order valence-electron chi connectivity index (χ1n) is 8.71. The van der Waals surface area contributed by atoms with Crippen molar-refractivity contribution in [2.75, 3.05) is 27.0 Å². The number of aliphatic imine (C=N–C) groups is 1. The monoisotopic (exact) mass is 428 g/mol. The van der Waals surface area contributed by atoms with E-state index in [0.29, 0.717) is 12.1 Å². The number of fused-ring (bicyclic) bond motifs is 1. The molecule has 0 amide bonds. The molecule has 0 aromatic carbocycles. The fourth-order valence-corrected chi connectivity index (χ4v) is 4.35. The first kappa shape index (κ1) is 21.1. The lowest BCUT2D eigenvalue weighted by Crippen LogP contribution is -2.29. The van der Waals surface area contributed by atoms with E-state index in [1.54, 1.807) is 37.4 Å². The van der Waals surface area contributed by atoms with Crippen LogP contribution in [0, 0.1) is 0 Å². The standard InChI is InChI=1S/C16H24N6O4S2/c1-9(28-27-4)25-10-5-12(26-11(10)6-23)22-8-17-13-14(22)19-16(20-15(13)24)18-7-21(2)3/h7-12,23H,5-6H2,1-4H3,(H,19,20,24)/b18-7-/t9-,10?,11-,12-/m1/s1. The zero-order chi connectivity index (χ0) is 20.3. The van der Waals surface area contributed by atoms with Gasteiger partial charge >= 0.3 is 0 Å². The van der Waals surface area contributed by atoms with E-state index in [9.17, 15) is 9.90 Å². The molecule has 0 radical (unpaired) electrons. The first-order chi connectivity index (χ1) is 13.4. The van der Waals surface area contributed by atoms with Gasteiger partial charge in [-0.3, -0.25) is 14.3 Å². The predicted molar refractivity (Wildman–Crippen MR) is 111 cm³/mol. The normalized spacial score (nSPS) is 23.7. The maximum Gasteiger partial charge on any atom is 0.280 e. The van der Waals surface area contributed by atoms with Gasteiger partial charge < -0.3 is 19.5 Å². The van der Waals surface area contributed by atoms with Crippen LogP contribution in [-0.4, -0.2) is 80.5 Å². The maximum absolute atomic E-state index is 12.3. The molecule has 3 heterocycles. The van der Waals surface area contributed by atoms with Crippen molar-refractivity contribution in [3.05, 3.63) is 16.7 Å². The van der Waals surface area contributed by atoms with E-state index in [4.69, 9.17) is 9.47 Å². The van der Waals surface area contributed by atoms with Gasteiger partial charge in [0.2, 0.25) is 5.95 Å². The molecular weight excluding hydrogens is 404 g/mol. The molecule has 4 atom stereocenters. The van der Waals surface area contributed by atoms with Crippen LogP contribution in [0.3, 0.4) is 0 Å². The van der Waals surface area contributed by atoms with Crippen molar-refractivity contribution in [2.45, 2.75) is 37.2 Å². The van der Waals surface area contributed by atoms with Gasteiger partial charge in [0.1, 0.15) is 17.8 Å². The molecule has 0 aliphatic carbocycles. The molecule has 0 spiro atoms. The van der Waals surface area contributed by atoms with E-state index < -0.39 is 12.3 Å². The van der Waals surface area contributed by atoms with Gasteiger partial charge in [0.15, 0.2) is 11.2 Å². The minimum absolute atomic E-state index is 0.0381. The molecule has 1 fully saturated rings. The van der Waals surface area contributed by atoms with Crippen LogP contribution in [0.15, 0.2) is 16.1 Å². The van der Waals surface area contributed by atoms with Crippen LogP contribution in [0.25, 0.3) is 11.2 Å². The second-order valence-corrected chi connectivity index (χ2v) is 9.24. The van der Waals surface area contributed by atoms with E-state index in [1.165, 1.54) is 6.33 Å². The molecule has 1 unspecified atom stereocenters. The molecule has 2 N–H and O–H groups in total. The summed E-state index contributed by atoms with van der Waals surface area (Å²) in [7, 11) is 6.87. The average molecular weight is 429 g/mol. The Labute approximate surface area is 170 Å². The van der Waals surface area contributed by atoms with Gasteiger partial charge in [-0.05, 0) is 13.2 Å². The number of nitrogens with zero attached hydrogens (tertiary/aromatic N) is 5. The van der Waals surface area contributed by atoms with Crippen molar-refractivity contribution >= 4 is 45.0 Å². The molecule has 1 aliphatic rings. The van der Waals surface area contributed by atoms with Crippen LogP contribution in [0.4, 0.5) is 5.95 Å². The van der Waals surface area contributed by atoms with Crippen LogP contribution in [0.2, 0.25) is 0 Å². The fraction of sp³-hybridized carbons (Fsp3) is 0.625. The van der Waals surface area contributed by atoms with Crippen LogP contribution >= 0.6 is 21.6 Å². The van der Waals surface area contributed by atoms with Gasteiger partial charge in [-0.25, -0.2) is 9.98 Å². The first-order valence-corrected chi connectivity index (χ1v) is 11.3. The Morgan fingerprint density at radius 2 is 2.39 bits per heavy atom. The minimum atomic E-state index is -0.458. The SMILES string of the molecule is CSS[C@H](C)OC1C[C@H](n2cnc3c(=O)[nH]c(/N=C\N(C)C)nc32)O[C@@H]1CO. The Balaban J connectivity index is 1.87. The Hall–Kier alpha value is -1.60. The Kier molecular flexibility index (Phi) is 6.99. The number of nitrogens with one attached hydrogen (secondary N) is 1. The van der Waals surface area contributed by atoms with Gasteiger partial charge in [0.05, 0.1) is 25.4 Å². The number of imidazole rings is 1. The van der Waals surface area contributed by atoms with E-state index in [-0.39, 0.29) is 35.2 Å². The molecule has 2 aromatic heterocycles.